The van der Waals surface area contributed by atoms with Gasteiger partial charge in [-0.05, 0) is 31.0 Å². The molecule has 0 saturated carbocycles. The second kappa shape index (κ2) is 11.2. The molecule has 224 valence electrons. The summed E-state index contributed by atoms with van der Waals surface area (Å²) in [5.74, 6) is 0.0783. The van der Waals surface area contributed by atoms with Gasteiger partial charge in [0.05, 0.1) is 34.0 Å². The van der Waals surface area contributed by atoms with E-state index in [0.29, 0.717) is 28.5 Å². The summed E-state index contributed by atoms with van der Waals surface area (Å²) >= 11 is 6.60. The quantitative estimate of drug-likeness (QED) is 0.276. The highest BCUT2D eigenvalue weighted by atomic mass is 35.5. The van der Waals surface area contributed by atoms with Crippen LogP contribution in [-0.4, -0.2) is 58.2 Å². The normalized spacial score (nSPS) is 22.3. The van der Waals surface area contributed by atoms with Crippen molar-refractivity contribution >= 4 is 29.1 Å². The average molecular weight is 608 g/mol. The summed E-state index contributed by atoms with van der Waals surface area (Å²) in [5, 5.41) is 3.27. The summed E-state index contributed by atoms with van der Waals surface area (Å²) in [6.45, 7) is 3.45. The molecule has 0 saturated heterocycles. The third-order valence-corrected chi connectivity index (χ3v) is 8.44. The van der Waals surface area contributed by atoms with Crippen LogP contribution in [0.2, 0.25) is 5.02 Å². The number of terminal acetylenes is 1. The maximum absolute atomic E-state index is 14.8. The van der Waals surface area contributed by atoms with E-state index in [4.69, 9.17) is 46.4 Å². The molecule has 3 atom stereocenters. The van der Waals surface area contributed by atoms with Crippen molar-refractivity contribution < 1.29 is 42.8 Å². The highest BCUT2D eigenvalue weighted by Crippen LogP contribution is 2.56. The fourth-order valence-corrected chi connectivity index (χ4v) is 6.36. The van der Waals surface area contributed by atoms with E-state index in [1.54, 1.807) is 32.0 Å². The Bertz CT molecular complexity index is 1670. The van der Waals surface area contributed by atoms with Gasteiger partial charge in [-0.2, -0.15) is 0 Å². The Balaban J connectivity index is 1.72. The number of hydrogen-bond acceptors (Lipinski definition) is 10. The van der Waals surface area contributed by atoms with E-state index in [-0.39, 0.29) is 52.0 Å². The molecule has 1 spiro atoms. The monoisotopic (exact) mass is 607 g/mol. The van der Waals surface area contributed by atoms with Crippen LogP contribution >= 0.6 is 11.6 Å². The molecular weight excluding hydrogens is 578 g/mol. The first-order valence-corrected chi connectivity index (χ1v) is 13.7. The van der Waals surface area contributed by atoms with Crippen LogP contribution in [0.3, 0.4) is 0 Å². The number of ketones is 2. The minimum Gasteiger partial charge on any atom is -0.496 e. The molecule has 2 aromatic rings. The lowest BCUT2D eigenvalue weighted by atomic mass is 9.65. The second-order valence-electron chi connectivity index (χ2n) is 10.3. The van der Waals surface area contributed by atoms with Gasteiger partial charge in [-0.3, -0.25) is 9.59 Å². The number of Topliss-reactive ketones (excluding diaryl/α,β-unsaturated/α-hetero) is 2. The van der Waals surface area contributed by atoms with Gasteiger partial charge >= 0.3 is 5.97 Å². The third kappa shape index (κ3) is 4.38. The Labute approximate surface area is 253 Å². The first-order valence-electron chi connectivity index (χ1n) is 13.4. The number of nitrogens with one attached hydrogen (secondary N) is 1. The molecule has 0 bridgehead atoms. The Morgan fingerprint density at radius 2 is 1.77 bits per heavy atom. The van der Waals surface area contributed by atoms with E-state index in [1.807, 2.05) is 0 Å². The van der Waals surface area contributed by atoms with Crippen LogP contribution < -0.4 is 29.0 Å². The van der Waals surface area contributed by atoms with Crippen molar-refractivity contribution in [3.63, 3.8) is 0 Å². The third-order valence-electron chi connectivity index (χ3n) is 8.09. The molecule has 11 heteroatoms. The van der Waals surface area contributed by atoms with Gasteiger partial charge < -0.3 is 33.7 Å². The van der Waals surface area contributed by atoms with Crippen LogP contribution in [-0.2, 0) is 14.3 Å². The van der Waals surface area contributed by atoms with Crippen LogP contribution in [0.15, 0.2) is 46.8 Å². The Hall–Kier alpha value is -4.62. The maximum atomic E-state index is 14.8. The topological polar surface area (TPSA) is 119 Å². The Morgan fingerprint density at radius 3 is 2.40 bits per heavy atom. The highest BCUT2D eigenvalue weighted by molar-refractivity contribution is 6.36. The van der Waals surface area contributed by atoms with E-state index in [2.05, 4.69) is 11.2 Å². The van der Waals surface area contributed by atoms with E-state index >= 15 is 0 Å². The molecule has 5 rings (SSSR count). The number of hydrogen-bond donors (Lipinski definition) is 1. The standard InChI is InChI=1S/C32H30ClNO9/c1-8-11-42-20-13-17(9-10-19(20)38-4)24-23(31(37)41-7)16(3)34-18-12-15(2)32(29(35)25(18)24)30(36)26-21(39-5)14-22(40-6)27(33)28(26)43-32/h1,9-10,13-15,24,34H,11-12H2,2-7H3/t15-,24?,32+/m1/s1. The summed E-state index contributed by atoms with van der Waals surface area (Å²) in [6, 6.07) is 6.50. The molecular formula is C32H30ClNO9. The van der Waals surface area contributed by atoms with E-state index in [0.717, 1.165) is 0 Å². The summed E-state index contributed by atoms with van der Waals surface area (Å²) < 4.78 is 33.5. The van der Waals surface area contributed by atoms with Crippen molar-refractivity contribution in [1.82, 2.24) is 5.32 Å². The summed E-state index contributed by atoms with van der Waals surface area (Å²) in [5.41, 5.74) is 0.0136. The van der Waals surface area contributed by atoms with Crippen LogP contribution in [0, 0.1) is 18.3 Å². The number of rotatable bonds is 7. The lowest BCUT2D eigenvalue weighted by Gasteiger charge is -2.42. The molecule has 0 amide bonds. The predicted octanol–water partition coefficient (Wildman–Crippen LogP) is 4.39. The van der Waals surface area contributed by atoms with Gasteiger partial charge in [0.15, 0.2) is 17.2 Å². The van der Waals surface area contributed by atoms with Crippen molar-refractivity contribution in [2.75, 3.05) is 35.0 Å². The fraction of sp³-hybridized carbons (Fsp3) is 0.344. The zero-order valence-electron chi connectivity index (χ0n) is 24.5. The van der Waals surface area contributed by atoms with Gasteiger partial charge in [-0.25, -0.2) is 4.79 Å². The summed E-state index contributed by atoms with van der Waals surface area (Å²) in [7, 11) is 5.56. The SMILES string of the molecule is C#CCOc1cc(C2C(C(=O)OC)=C(C)NC3=C2C(=O)[C@@]2(Oc4c(Cl)c(OC)cc(OC)c4C2=O)[C@H](C)C3)ccc1OC. The predicted molar refractivity (Wildman–Crippen MR) is 156 cm³/mol. The number of dihydropyridines is 1. The van der Waals surface area contributed by atoms with Crippen molar-refractivity contribution in [1.29, 1.82) is 0 Å². The minimum atomic E-state index is -1.98. The molecule has 3 aliphatic rings. The molecule has 1 unspecified atom stereocenters. The molecule has 0 aromatic heterocycles. The number of allylic oxidation sites excluding steroid dienone is 2. The van der Waals surface area contributed by atoms with E-state index in [1.165, 1.54) is 34.5 Å². The van der Waals surface area contributed by atoms with E-state index < -0.39 is 35.0 Å². The molecule has 2 heterocycles. The minimum absolute atomic E-state index is 0.00164. The molecule has 2 aromatic carbocycles. The smallest absolute Gasteiger partial charge is 0.336 e. The number of fused-ring (bicyclic) bond motifs is 1. The average Bonchev–Trinajstić information content (AvgIpc) is 3.32. The number of carbonyl (C=O) groups excluding carboxylic acids is 3. The largest absolute Gasteiger partial charge is 0.496 e. The van der Waals surface area contributed by atoms with Crippen LogP contribution in [0.25, 0.3) is 0 Å². The number of ether oxygens (including phenoxy) is 6. The second-order valence-corrected chi connectivity index (χ2v) is 10.7. The first kappa shape index (κ1) is 29.9. The summed E-state index contributed by atoms with van der Waals surface area (Å²) in [6.07, 6.45) is 5.66. The Kier molecular flexibility index (Phi) is 7.80. The fourth-order valence-electron chi connectivity index (χ4n) is 6.09. The van der Waals surface area contributed by atoms with E-state index in [9.17, 15) is 14.4 Å². The van der Waals surface area contributed by atoms with Crippen molar-refractivity contribution in [2.45, 2.75) is 31.8 Å². The molecule has 0 radical (unpaired) electrons. The zero-order chi connectivity index (χ0) is 31.2. The first-order chi connectivity index (χ1) is 20.6. The van der Waals surface area contributed by atoms with Crippen molar-refractivity contribution in [3.05, 3.63) is 63.0 Å². The van der Waals surface area contributed by atoms with Crippen LogP contribution in [0.4, 0.5) is 0 Å². The molecule has 1 N–H and O–H groups in total. The molecule has 2 aliphatic heterocycles. The van der Waals surface area contributed by atoms with Crippen LogP contribution in [0.5, 0.6) is 28.7 Å². The van der Waals surface area contributed by atoms with Gasteiger partial charge in [0.1, 0.15) is 28.7 Å². The lowest BCUT2D eigenvalue weighted by Crippen LogP contribution is -2.58. The Morgan fingerprint density at radius 1 is 1.07 bits per heavy atom. The highest BCUT2D eigenvalue weighted by Gasteiger charge is 2.63. The van der Waals surface area contributed by atoms with Gasteiger partial charge in [0.25, 0.3) is 0 Å². The molecule has 0 fully saturated rings. The number of benzene rings is 2. The molecule has 43 heavy (non-hydrogen) atoms. The van der Waals surface area contributed by atoms with Gasteiger partial charge in [0.2, 0.25) is 17.2 Å². The van der Waals surface area contributed by atoms with Gasteiger partial charge in [-0.1, -0.05) is 30.5 Å². The van der Waals surface area contributed by atoms with Crippen molar-refractivity contribution in [3.8, 4) is 41.1 Å². The zero-order valence-corrected chi connectivity index (χ0v) is 25.3. The number of halogens is 1. The number of esters is 1. The van der Waals surface area contributed by atoms with Crippen molar-refractivity contribution in [2.24, 2.45) is 5.92 Å². The van der Waals surface area contributed by atoms with Crippen LogP contribution in [0.1, 0.15) is 42.1 Å². The molecule has 1 aliphatic carbocycles. The van der Waals surface area contributed by atoms with Gasteiger partial charge in [0, 0.05) is 34.9 Å². The maximum Gasteiger partial charge on any atom is 0.336 e. The van der Waals surface area contributed by atoms with Gasteiger partial charge in [-0.15, -0.1) is 6.42 Å². The molecule has 10 nitrogen and oxygen atoms in total. The lowest BCUT2D eigenvalue weighted by molar-refractivity contribution is -0.136. The number of carbonyl (C=O) groups is 3. The summed E-state index contributed by atoms with van der Waals surface area (Å²) in [4.78, 5) is 42.4. The number of methoxy groups -OCH3 is 4.